The van der Waals surface area contributed by atoms with Crippen molar-refractivity contribution in [2.75, 3.05) is 4.72 Å². The topological polar surface area (TPSA) is 74.8 Å². The van der Waals surface area contributed by atoms with E-state index in [1.807, 2.05) is 42.5 Å². The van der Waals surface area contributed by atoms with Crippen LogP contribution in [0.5, 0.6) is 0 Å². The Morgan fingerprint density at radius 1 is 0.920 bits per heavy atom. The Kier molecular flexibility index (Phi) is 3.74. The summed E-state index contributed by atoms with van der Waals surface area (Å²) in [4.78, 5) is 7.44. The van der Waals surface area contributed by atoms with Crippen LogP contribution in [0.1, 0.15) is 0 Å². The predicted molar refractivity (Wildman–Crippen MR) is 98.8 cm³/mol. The molecule has 4 aromatic rings. The van der Waals surface area contributed by atoms with Crippen molar-refractivity contribution in [3.05, 3.63) is 79.1 Å². The van der Waals surface area contributed by atoms with Gasteiger partial charge in [0.05, 0.1) is 5.52 Å². The number of hydrogen-bond acceptors (Lipinski definition) is 3. The lowest BCUT2D eigenvalue weighted by Crippen LogP contribution is -2.12. The number of pyridine rings is 1. The number of aromatic amines is 1. The van der Waals surface area contributed by atoms with Gasteiger partial charge in [-0.05, 0) is 35.9 Å². The van der Waals surface area contributed by atoms with Crippen LogP contribution in [0.25, 0.3) is 22.2 Å². The molecule has 0 fully saturated rings. The summed E-state index contributed by atoms with van der Waals surface area (Å²) in [7, 11) is -3.67. The third-order valence-electron chi connectivity index (χ3n) is 3.91. The largest absolute Gasteiger partial charge is 0.360 e. The van der Waals surface area contributed by atoms with Gasteiger partial charge in [-0.15, -0.1) is 0 Å². The van der Waals surface area contributed by atoms with E-state index < -0.39 is 10.0 Å². The average molecular weight is 349 g/mol. The van der Waals surface area contributed by atoms with E-state index in [9.17, 15) is 8.42 Å². The molecule has 2 heterocycles. The van der Waals surface area contributed by atoms with Crippen molar-refractivity contribution in [2.45, 2.75) is 4.90 Å². The van der Waals surface area contributed by atoms with Crippen LogP contribution in [0.4, 0.5) is 5.69 Å². The number of H-pyrrole nitrogens is 1. The van der Waals surface area contributed by atoms with Crippen molar-refractivity contribution in [3.63, 3.8) is 0 Å². The van der Waals surface area contributed by atoms with Gasteiger partial charge in [0.25, 0.3) is 10.0 Å². The predicted octanol–water partition coefficient (Wildman–Crippen LogP) is 4.03. The fraction of sp³-hybridized carbons (Fsp3) is 0. The summed E-state index contributed by atoms with van der Waals surface area (Å²) >= 11 is 0. The summed E-state index contributed by atoms with van der Waals surface area (Å²) in [6, 6.07) is 20.2. The molecule has 0 aliphatic carbocycles. The van der Waals surface area contributed by atoms with Crippen molar-refractivity contribution < 1.29 is 8.42 Å². The molecule has 0 saturated carbocycles. The number of hydrogen-bond donors (Lipinski definition) is 2. The molecule has 2 N–H and O–H groups in total. The monoisotopic (exact) mass is 349 g/mol. The number of aromatic nitrogens is 2. The molecule has 124 valence electrons. The number of anilines is 1. The Balaban J connectivity index is 1.64. The van der Waals surface area contributed by atoms with Crippen molar-refractivity contribution in [1.82, 2.24) is 9.97 Å². The van der Waals surface area contributed by atoms with Gasteiger partial charge in [-0.3, -0.25) is 9.71 Å². The maximum absolute atomic E-state index is 12.6. The Morgan fingerprint density at radius 3 is 2.60 bits per heavy atom. The number of sulfonamides is 1. The first kappa shape index (κ1) is 15.4. The number of nitrogens with zero attached hydrogens (tertiary/aromatic N) is 1. The maximum Gasteiger partial charge on any atom is 0.263 e. The van der Waals surface area contributed by atoms with Crippen LogP contribution in [0.15, 0.2) is 84.0 Å². The lowest BCUT2D eigenvalue weighted by molar-refractivity contribution is 0.601. The van der Waals surface area contributed by atoms with Gasteiger partial charge in [0.15, 0.2) is 0 Å². The molecule has 2 aromatic heterocycles. The van der Waals surface area contributed by atoms with Crippen molar-refractivity contribution in [3.8, 4) is 11.3 Å². The van der Waals surface area contributed by atoms with Crippen LogP contribution in [-0.2, 0) is 10.0 Å². The summed E-state index contributed by atoms with van der Waals surface area (Å²) in [5.41, 5.74) is 3.01. The fourth-order valence-corrected chi connectivity index (χ4v) is 3.71. The van der Waals surface area contributed by atoms with E-state index in [0.717, 1.165) is 22.2 Å². The van der Waals surface area contributed by atoms with Crippen molar-refractivity contribution in [2.24, 2.45) is 0 Å². The highest BCUT2D eigenvalue weighted by Crippen LogP contribution is 2.24. The number of nitrogens with one attached hydrogen (secondary N) is 2. The standard InChI is InChI=1S/C19H15N3O2S/c23-25(24,17-12-19(21-13-17)14-5-2-1-3-6-14)22-16-8-9-18-15(11-16)7-4-10-20-18/h1-13,21-22H. The Labute approximate surface area is 145 Å². The molecule has 6 heteroatoms. The molecule has 5 nitrogen and oxygen atoms in total. The first-order chi connectivity index (χ1) is 12.1. The summed E-state index contributed by atoms with van der Waals surface area (Å²) < 4.78 is 27.9. The van der Waals surface area contributed by atoms with Crippen LogP contribution in [0, 0.1) is 0 Å². The van der Waals surface area contributed by atoms with Gasteiger partial charge in [-0.1, -0.05) is 36.4 Å². The normalized spacial score (nSPS) is 11.5. The van der Waals surface area contributed by atoms with Crippen LogP contribution in [-0.4, -0.2) is 18.4 Å². The van der Waals surface area contributed by atoms with E-state index in [4.69, 9.17) is 0 Å². The van der Waals surface area contributed by atoms with Gasteiger partial charge in [0, 0.05) is 29.2 Å². The van der Waals surface area contributed by atoms with E-state index in [1.165, 1.54) is 6.20 Å². The molecule has 0 amide bonds. The third-order valence-corrected chi connectivity index (χ3v) is 5.27. The second-order valence-electron chi connectivity index (χ2n) is 5.63. The zero-order valence-corrected chi connectivity index (χ0v) is 14.0. The maximum atomic E-state index is 12.6. The molecule has 0 radical (unpaired) electrons. The zero-order valence-electron chi connectivity index (χ0n) is 13.2. The Morgan fingerprint density at radius 2 is 1.76 bits per heavy atom. The lowest BCUT2D eigenvalue weighted by Gasteiger charge is -2.07. The summed E-state index contributed by atoms with van der Waals surface area (Å²) in [6.07, 6.45) is 3.20. The molecular weight excluding hydrogens is 334 g/mol. The van der Waals surface area contributed by atoms with E-state index in [2.05, 4.69) is 14.7 Å². The number of rotatable bonds is 4. The van der Waals surface area contributed by atoms with Gasteiger partial charge >= 0.3 is 0 Å². The summed E-state index contributed by atoms with van der Waals surface area (Å²) in [5.74, 6) is 0. The summed E-state index contributed by atoms with van der Waals surface area (Å²) in [5, 5.41) is 0.877. The number of benzene rings is 2. The number of fused-ring (bicyclic) bond motifs is 1. The van der Waals surface area contributed by atoms with E-state index in [1.54, 1.807) is 30.5 Å². The molecule has 0 unspecified atom stereocenters. The highest BCUT2D eigenvalue weighted by molar-refractivity contribution is 7.92. The molecule has 2 aromatic carbocycles. The van der Waals surface area contributed by atoms with Crippen molar-refractivity contribution in [1.29, 1.82) is 0 Å². The van der Waals surface area contributed by atoms with Gasteiger partial charge in [-0.2, -0.15) is 0 Å². The van der Waals surface area contributed by atoms with Crippen LogP contribution in [0.2, 0.25) is 0 Å². The van der Waals surface area contributed by atoms with Gasteiger partial charge < -0.3 is 4.98 Å². The van der Waals surface area contributed by atoms with Crippen LogP contribution < -0.4 is 4.72 Å². The molecule has 0 atom stereocenters. The minimum absolute atomic E-state index is 0.192. The van der Waals surface area contributed by atoms with Crippen LogP contribution >= 0.6 is 0 Å². The Bertz CT molecular complexity index is 1140. The molecular formula is C19H15N3O2S. The fourth-order valence-electron chi connectivity index (χ4n) is 2.67. The Hall–Kier alpha value is -3.12. The molecule has 0 spiro atoms. The van der Waals surface area contributed by atoms with Crippen molar-refractivity contribution >= 4 is 26.6 Å². The summed E-state index contributed by atoms with van der Waals surface area (Å²) in [6.45, 7) is 0. The molecule has 0 aliphatic heterocycles. The van der Waals surface area contributed by atoms with Crippen LogP contribution in [0.3, 0.4) is 0 Å². The zero-order chi connectivity index (χ0) is 17.3. The second-order valence-corrected chi connectivity index (χ2v) is 7.31. The third kappa shape index (κ3) is 3.12. The highest BCUT2D eigenvalue weighted by atomic mass is 32.2. The minimum atomic E-state index is -3.67. The molecule has 0 saturated heterocycles. The van der Waals surface area contributed by atoms with E-state index in [0.29, 0.717) is 5.69 Å². The molecule has 0 bridgehead atoms. The molecule has 4 rings (SSSR count). The van der Waals surface area contributed by atoms with E-state index in [-0.39, 0.29) is 4.90 Å². The highest BCUT2D eigenvalue weighted by Gasteiger charge is 2.17. The van der Waals surface area contributed by atoms with Gasteiger partial charge in [0.1, 0.15) is 4.90 Å². The molecule has 0 aliphatic rings. The first-order valence-electron chi connectivity index (χ1n) is 7.73. The lowest BCUT2D eigenvalue weighted by atomic mass is 10.2. The second kappa shape index (κ2) is 6.07. The van der Waals surface area contributed by atoms with Gasteiger partial charge in [-0.25, -0.2) is 8.42 Å². The first-order valence-corrected chi connectivity index (χ1v) is 9.22. The van der Waals surface area contributed by atoms with Gasteiger partial charge in [0.2, 0.25) is 0 Å². The van der Waals surface area contributed by atoms with E-state index >= 15 is 0 Å². The average Bonchev–Trinajstić information content (AvgIpc) is 3.13. The minimum Gasteiger partial charge on any atom is -0.360 e. The quantitative estimate of drug-likeness (QED) is 0.584. The molecule has 25 heavy (non-hydrogen) atoms. The smallest absolute Gasteiger partial charge is 0.263 e. The SMILES string of the molecule is O=S(=O)(Nc1ccc2ncccc2c1)c1c[nH]c(-c2ccccc2)c1.